The summed E-state index contributed by atoms with van der Waals surface area (Å²) in [6.45, 7) is 5.21. The number of carbonyl (C=O) groups is 2. The first kappa shape index (κ1) is 35.0. The average Bonchev–Trinajstić information content (AvgIpc) is 3.43. The van der Waals surface area contributed by atoms with Crippen LogP contribution in [0.3, 0.4) is 0 Å². The van der Waals surface area contributed by atoms with E-state index in [-0.39, 0.29) is 11.6 Å². The van der Waals surface area contributed by atoms with Gasteiger partial charge in [0.25, 0.3) is 0 Å². The number of hydrogen-bond donors (Lipinski definition) is 0. The molecular formula is C40H46N2O6. The summed E-state index contributed by atoms with van der Waals surface area (Å²) >= 11 is 0. The number of aromatic nitrogens is 1. The largest absolute Gasteiger partial charge is 0.497 e. The van der Waals surface area contributed by atoms with Gasteiger partial charge in [-0.2, -0.15) is 0 Å². The molecule has 5 aromatic rings. The van der Waals surface area contributed by atoms with Crippen LogP contribution in [0.1, 0.15) is 45.2 Å². The van der Waals surface area contributed by atoms with Crippen LogP contribution in [0.15, 0.2) is 91.0 Å². The molecule has 0 aliphatic carbocycles. The Kier molecular flexibility index (Phi) is 11.8. The number of likely N-dealkylation sites (N-methyl/N-ethyl adjacent to an activating group) is 1. The summed E-state index contributed by atoms with van der Waals surface area (Å²) in [7, 11) is 7.21. The zero-order valence-corrected chi connectivity index (χ0v) is 28.7. The van der Waals surface area contributed by atoms with E-state index >= 15 is 0 Å². The van der Waals surface area contributed by atoms with E-state index in [1.807, 2.05) is 68.7 Å². The number of methoxy groups -OCH3 is 2. The van der Waals surface area contributed by atoms with Gasteiger partial charge < -0.3 is 23.5 Å². The topological polar surface area (TPSA) is 79.2 Å². The third kappa shape index (κ3) is 7.53. The molecule has 0 spiro atoms. The van der Waals surface area contributed by atoms with Crippen LogP contribution >= 0.6 is 0 Å². The summed E-state index contributed by atoms with van der Waals surface area (Å²) in [5.74, 6) is 0.688. The summed E-state index contributed by atoms with van der Waals surface area (Å²) in [6.07, 6.45) is 1.25. The molecule has 0 N–H and O–H groups in total. The lowest BCUT2D eigenvalue weighted by molar-refractivity contribution is 0.0234. The van der Waals surface area contributed by atoms with Crippen molar-refractivity contribution in [1.29, 1.82) is 0 Å². The summed E-state index contributed by atoms with van der Waals surface area (Å²) in [5.41, 5.74) is 4.14. The number of benzene rings is 4. The van der Waals surface area contributed by atoms with E-state index in [0.717, 1.165) is 27.4 Å². The van der Waals surface area contributed by atoms with Gasteiger partial charge in [-0.05, 0) is 93.2 Å². The minimum Gasteiger partial charge on any atom is -0.497 e. The highest BCUT2D eigenvalue weighted by atomic mass is 16.5. The van der Waals surface area contributed by atoms with Crippen LogP contribution in [-0.2, 0) is 27.2 Å². The Morgan fingerprint density at radius 3 is 1.90 bits per heavy atom. The second-order valence-corrected chi connectivity index (χ2v) is 12.2. The molecule has 252 valence electrons. The van der Waals surface area contributed by atoms with Crippen molar-refractivity contribution in [3.05, 3.63) is 113 Å². The fraction of sp³-hybridized carbons (Fsp3) is 0.350. The minimum absolute atomic E-state index is 0.0731. The SMILES string of the molecule is CCC(Cc1ccccc1)(C(=O)c1ccc2c(c1)c1cc(C(=O)c3ccc(OC)cc3)ccc1n2CCOCCOCCOC)N(C)C. The third-order valence-corrected chi connectivity index (χ3v) is 9.21. The van der Waals surface area contributed by atoms with Crippen molar-refractivity contribution in [3.8, 4) is 5.75 Å². The molecule has 8 nitrogen and oxygen atoms in total. The molecule has 1 aromatic heterocycles. The van der Waals surface area contributed by atoms with Crippen LogP contribution in [0.2, 0.25) is 0 Å². The monoisotopic (exact) mass is 650 g/mol. The zero-order valence-electron chi connectivity index (χ0n) is 28.7. The van der Waals surface area contributed by atoms with E-state index in [0.29, 0.717) is 74.9 Å². The van der Waals surface area contributed by atoms with E-state index in [4.69, 9.17) is 18.9 Å². The van der Waals surface area contributed by atoms with Gasteiger partial charge in [-0.3, -0.25) is 14.5 Å². The lowest BCUT2D eigenvalue weighted by Gasteiger charge is -2.38. The molecule has 4 aromatic carbocycles. The highest BCUT2D eigenvalue weighted by Crippen LogP contribution is 2.34. The first-order valence-electron chi connectivity index (χ1n) is 16.5. The van der Waals surface area contributed by atoms with Gasteiger partial charge in [0.15, 0.2) is 11.6 Å². The molecule has 8 heteroatoms. The van der Waals surface area contributed by atoms with Crippen molar-refractivity contribution in [2.75, 3.05) is 61.3 Å². The van der Waals surface area contributed by atoms with Crippen molar-refractivity contribution in [2.45, 2.75) is 31.8 Å². The van der Waals surface area contributed by atoms with E-state index in [1.165, 1.54) is 0 Å². The van der Waals surface area contributed by atoms with Gasteiger partial charge >= 0.3 is 0 Å². The summed E-state index contributed by atoms with van der Waals surface area (Å²) in [5, 5.41) is 1.84. The molecule has 1 heterocycles. The second kappa shape index (κ2) is 16.2. The molecule has 0 radical (unpaired) electrons. The summed E-state index contributed by atoms with van der Waals surface area (Å²) in [4.78, 5) is 30.2. The first-order valence-corrected chi connectivity index (χ1v) is 16.5. The maximum absolute atomic E-state index is 14.5. The molecule has 0 bridgehead atoms. The van der Waals surface area contributed by atoms with Gasteiger partial charge in [-0.25, -0.2) is 0 Å². The van der Waals surface area contributed by atoms with Crippen molar-refractivity contribution < 1.29 is 28.5 Å². The van der Waals surface area contributed by atoms with Crippen LogP contribution in [0, 0.1) is 0 Å². The van der Waals surface area contributed by atoms with Crippen molar-refractivity contribution >= 4 is 33.4 Å². The number of carbonyl (C=O) groups excluding carboxylic acids is 2. The predicted octanol–water partition coefficient (Wildman–Crippen LogP) is 6.85. The van der Waals surface area contributed by atoms with Gasteiger partial charge in [0.2, 0.25) is 0 Å². The third-order valence-electron chi connectivity index (χ3n) is 9.21. The van der Waals surface area contributed by atoms with Gasteiger partial charge in [-0.15, -0.1) is 0 Å². The fourth-order valence-electron chi connectivity index (χ4n) is 6.40. The Bertz CT molecular complexity index is 1830. The number of nitrogens with zero attached hydrogens (tertiary/aromatic N) is 2. The first-order chi connectivity index (χ1) is 23.3. The van der Waals surface area contributed by atoms with Gasteiger partial charge in [-0.1, -0.05) is 37.3 Å². The maximum Gasteiger partial charge on any atom is 0.193 e. The lowest BCUT2D eigenvalue weighted by Crippen LogP contribution is -2.52. The van der Waals surface area contributed by atoms with Gasteiger partial charge in [0.1, 0.15) is 5.75 Å². The number of ether oxygens (including phenoxy) is 4. The minimum atomic E-state index is -0.720. The van der Waals surface area contributed by atoms with Crippen molar-refractivity contribution in [2.24, 2.45) is 0 Å². The van der Waals surface area contributed by atoms with Crippen LogP contribution in [-0.4, -0.2) is 87.9 Å². The molecule has 0 saturated heterocycles. The van der Waals surface area contributed by atoms with E-state index in [1.54, 1.807) is 38.5 Å². The quantitative estimate of drug-likeness (QED) is 0.0758. The van der Waals surface area contributed by atoms with Crippen molar-refractivity contribution in [1.82, 2.24) is 9.47 Å². The molecule has 1 unspecified atom stereocenters. The Morgan fingerprint density at radius 1 is 0.708 bits per heavy atom. The van der Waals surface area contributed by atoms with Crippen LogP contribution in [0.5, 0.6) is 5.75 Å². The molecule has 0 aliphatic rings. The second-order valence-electron chi connectivity index (χ2n) is 12.2. The lowest BCUT2D eigenvalue weighted by atomic mass is 9.80. The molecule has 0 amide bonds. The normalized spacial score (nSPS) is 12.9. The zero-order chi connectivity index (χ0) is 34.1. The molecule has 5 rings (SSSR count). The standard InChI is InChI=1S/C40H46N2O6/c1-6-40(41(2)3,28-29-10-8-7-9-11-29)39(44)32-15-19-37-35(27-32)34-26-31(38(43)30-12-16-33(46-5)17-13-30)14-18-36(34)42(37)20-21-47-24-25-48-23-22-45-4/h7-19,26-27H,6,20-25,28H2,1-5H3. The van der Waals surface area contributed by atoms with E-state index in [2.05, 4.69) is 28.5 Å². The number of rotatable bonds is 18. The van der Waals surface area contributed by atoms with Crippen LogP contribution in [0.4, 0.5) is 0 Å². The van der Waals surface area contributed by atoms with Gasteiger partial charge in [0, 0.05) is 52.2 Å². The van der Waals surface area contributed by atoms with Crippen LogP contribution in [0.25, 0.3) is 21.8 Å². The van der Waals surface area contributed by atoms with Crippen LogP contribution < -0.4 is 4.74 Å². The molecule has 1 atom stereocenters. The Morgan fingerprint density at radius 2 is 1.29 bits per heavy atom. The van der Waals surface area contributed by atoms with Gasteiger partial charge in [0.05, 0.1) is 45.7 Å². The average molecular weight is 651 g/mol. The highest BCUT2D eigenvalue weighted by Gasteiger charge is 2.39. The number of ketones is 2. The number of hydrogen-bond acceptors (Lipinski definition) is 7. The Labute approximate surface area is 283 Å². The Balaban J connectivity index is 1.53. The number of fused-ring (bicyclic) bond motifs is 3. The van der Waals surface area contributed by atoms with E-state index in [9.17, 15) is 9.59 Å². The molecule has 0 saturated carbocycles. The highest BCUT2D eigenvalue weighted by molar-refractivity contribution is 6.16. The smallest absolute Gasteiger partial charge is 0.193 e. The Hall–Kier alpha value is -4.34. The maximum atomic E-state index is 14.5. The fourth-order valence-corrected chi connectivity index (χ4v) is 6.40. The molecule has 48 heavy (non-hydrogen) atoms. The molecule has 0 aliphatic heterocycles. The number of Topliss-reactive ketones (excluding diaryl/α,β-unsaturated/α-hetero) is 1. The van der Waals surface area contributed by atoms with Crippen molar-refractivity contribution in [3.63, 3.8) is 0 Å². The molecule has 0 fully saturated rings. The molecular weight excluding hydrogens is 604 g/mol. The summed E-state index contributed by atoms with van der Waals surface area (Å²) < 4.78 is 24.0. The van der Waals surface area contributed by atoms with E-state index < -0.39 is 5.54 Å². The predicted molar refractivity (Wildman–Crippen MR) is 191 cm³/mol. The summed E-state index contributed by atoms with van der Waals surface area (Å²) in [6, 6.07) is 29.1.